The molecule has 2 N–H and O–H groups in total. The van der Waals surface area contributed by atoms with Crippen LogP contribution >= 0.6 is 11.8 Å². The molecule has 0 aliphatic heterocycles. The van der Waals surface area contributed by atoms with E-state index in [-0.39, 0.29) is 24.0 Å². The van der Waals surface area contributed by atoms with E-state index in [1.807, 2.05) is 6.07 Å². The molecule has 7 nitrogen and oxygen atoms in total. The summed E-state index contributed by atoms with van der Waals surface area (Å²) in [6, 6.07) is 8.73. The maximum atomic E-state index is 12.1. The van der Waals surface area contributed by atoms with Crippen LogP contribution in [0.3, 0.4) is 0 Å². The maximum Gasteiger partial charge on any atom is 0.313 e. The molecule has 0 spiro atoms. The smallest absolute Gasteiger partial charge is 0.313 e. The minimum atomic E-state index is -0.850. The largest absolute Gasteiger partial charge is 0.481 e. The van der Waals surface area contributed by atoms with Crippen LogP contribution in [0.2, 0.25) is 0 Å². The predicted octanol–water partition coefficient (Wildman–Crippen LogP) is 2.39. The Morgan fingerprint density at radius 1 is 1.39 bits per heavy atom. The van der Waals surface area contributed by atoms with Gasteiger partial charge in [0.25, 0.3) is 5.91 Å². The number of anilines is 1. The molecule has 0 saturated heterocycles. The Balaban J connectivity index is 1.95. The summed E-state index contributed by atoms with van der Waals surface area (Å²) in [5.74, 6) is -0.171. The van der Waals surface area contributed by atoms with Gasteiger partial charge in [0.2, 0.25) is 0 Å². The van der Waals surface area contributed by atoms with Crippen molar-refractivity contribution in [2.75, 3.05) is 18.2 Å². The Morgan fingerprint density at radius 3 is 2.96 bits per heavy atom. The Kier molecular flexibility index (Phi) is 6.19. The maximum absolute atomic E-state index is 12.1. The Hall–Kier alpha value is -2.32. The number of hydrogen-bond acceptors (Lipinski definition) is 6. The quantitative estimate of drug-likeness (QED) is 0.763. The number of nitrogens with zero attached hydrogens (tertiary/aromatic N) is 1. The minimum absolute atomic E-state index is 0.0395. The summed E-state index contributed by atoms with van der Waals surface area (Å²) in [5.41, 5.74) is 1.71. The van der Waals surface area contributed by atoms with Gasteiger partial charge >= 0.3 is 5.97 Å². The number of carboxylic acid groups (broad SMARTS) is 1. The fourth-order valence-electron chi connectivity index (χ4n) is 1.82. The summed E-state index contributed by atoms with van der Waals surface area (Å²) in [7, 11) is 1.52. The third-order valence-corrected chi connectivity index (χ3v) is 3.75. The molecule has 122 valence electrons. The van der Waals surface area contributed by atoms with E-state index in [4.69, 9.17) is 14.4 Å². The summed E-state index contributed by atoms with van der Waals surface area (Å²) < 4.78 is 9.87. The van der Waals surface area contributed by atoms with E-state index < -0.39 is 5.97 Å². The highest BCUT2D eigenvalue weighted by atomic mass is 32.2. The topological polar surface area (TPSA) is 102 Å². The van der Waals surface area contributed by atoms with E-state index >= 15 is 0 Å². The number of thioether (sulfide) groups is 1. The molecule has 23 heavy (non-hydrogen) atoms. The van der Waals surface area contributed by atoms with Crippen LogP contribution in [0.15, 0.2) is 34.9 Å². The van der Waals surface area contributed by atoms with Crippen LogP contribution in [0.25, 0.3) is 0 Å². The average molecular weight is 336 g/mol. The third kappa shape index (κ3) is 5.42. The third-order valence-electron chi connectivity index (χ3n) is 2.76. The number of amides is 1. The van der Waals surface area contributed by atoms with E-state index in [1.165, 1.54) is 24.9 Å². The number of methoxy groups -OCH3 is 1. The van der Waals surface area contributed by atoms with Gasteiger partial charge in [0.1, 0.15) is 6.61 Å². The molecule has 0 fully saturated rings. The van der Waals surface area contributed by atoms with Crippen LogP contribution < -0.4 is 5.32 Å². The first-order valence-corrected chi connectivity index (χ1v) is 7.88. The molecule has 2 rings (SSSR count). The van der Waals surface area contributed by atoms with Crippen LogP contribution in [-0.2, 0) is 21.9 Å². The van der Waals surface area contributed by atoms with Gasteiger partial charge in [-0.25, -0.2) is 0 Å². The van der Waals surface area contributed by atoms with Gasteiger partial charge in [0, 0.05) is 24.6 Å². The van der Waals surface area contributed by atoms with Crippen LogP contribution in [0.5, 0.6) is 0 Å². The molecule has 0 saturated carbocycles. The molecule has 0 radical (unpaired) electrons. The van der Waals surface area contributed by atoms with Crippen molar-refractivity contribution in [2.45, 2.75) is 12.4 Å². The second kappa shape index (κ2) is 8.35. The lowest BCUT2D eigenvalue weighted by Gasteiger charge is -2.05. The predicted molar refractivity (Wildman–Crippen MR) is 85.4 cm³/mol. The Bertz CT molecular complexity index is 686. The lowest BCUT2D eigenvalue weighted by molar-refractivity contribution is -0.133. The van der Waals surface area contributed by atoms with Gasteiger partial charge in [-0.2, -0.15) is 0 Å². The van der Waals surface area contributed by atoms with E-state index in [0.29, 0.717) is 17.2 Å². The molecular formula is C15H16N2O5S. The zero-order chi connectivity index (χ0) is 16.7. The lowest BCUT2D eigenvalue weighted by Crippen LogP contribution is -2.12. The summed E-state index contributed by atoms with van der Waals surface area (Å²) in [5, 5.41) is 15.0. The molecular weight excluding hydrogens is 320 g/mol. The molecule has 0 atom stereocenters. The van der Waals surface area contributed by atoms with Crippen LogP contribution in [-0.4, -0.2) is 35.0 Å². The summed E-state index contributed by atoms with van der Waals surface area (Å²) in [6.45, 7) is 0.247. The first-order valence-electron chi connectivity index (χ1n) is 6.73. The van der Waals surface area contributed by atoms with Crippen LogP contribution in [0.4, 0.5) is 5.69 Å². The monoisotopic (exact) mass is 336 g/mol. The standard InChI is InChI=1S/C15H16N2O5S/c1-21-7-12-6-13(17-22-12)15(20)16-11-4-2-3-10(5-11)8-23-9-14(18)19/h2-6H,7-9H2,1H3,(H,16,20)(H,18,19). The number of rotatable bonds is 8. The lowest BCUT2D eigenvalue weighted by atomic mass is 10.2. The molecule has 0 bridgehead atoms. The van der Waals surface area contributed by atoms with Gasteiger partial charge in [-0.1, -0.05) is 17.3 Å². The van der Waals surface area contributed by atoms with E-state index in [0.717, 1.165) is 5.56 Å². The summed E-state index contributed by atoms with van der Waals surface area (Å²) in [6.07, 6.45) is 0. The number of ether oxygens (including phenoxy) is 1. The molecule has 1 aromatic carbocycles. The number of carbonyl (C=O) groups excluding carboxylic acids is 1. The highest BCUT2D eigenvalue weighted by molar-refractivity contribution is 7.99. The van der Waals surface area contributed by atoms with Gasteiger partial charge in [0.15, 0.2) is 11.5 Å². The fraction of sp³-hybridized carbons (Fsp3) is 0.267. The fourth-order valence-corrected chi connectivity index (χ4v) is 2.51. The summed E-state index contributed by atoms with van der Waals surface area (Å²) >= 11 is 1.29. The van der Waals surface area contributed by atoms with E-state index in [1.54, 1.807) is 18.2 Å². The Labute approximate surface area is 137 Å². The van der Waals surface area contributed by atoms with Crippen molar-refractivity contribution in [3.8, 4) is 0 Å². The first-order chi connectivity index (χ1) is 11.1. The zero-order valence-electron chi connectivity index (χ0n) is 12.4. The van der Waals surface area contributed by atoms with Crippen molar-refractivity contribution in [3.63, 3.8) is 0 Å². The number of carbonyl (C=O) groups is 2. The molecule has 1 amide bonds. The number of hydrogen-bond donors (Lipinski definition) is 2. The molecule has 0 aliphatic carbocycles. The van der Waals surface area contributed by atoms with Crippen molar-refractivity contribution in [1.29, 1.82) is 0 Å². The minimum Gasteiger partial charge on any atom is -0.481 e. The van der Waals surface area contributed by atoms with Crippen molar-refractivity contribution in [2.24, 2.45) is 0 Å². The van der Waals surface area contributed by atoms with Gasteiger partial charge < -0.3 is 19.7 Å². The van der Waals surface area contributed by atoms with E-state index in [2.05, 4.69) is 10.5 Å². The number of aliphatic carboxylic acids is 1. The van der Waals surface area contributed by atoms with Crippen molar-refractivity contribution in [3.05, 3.63) is 47.3 Å². The highest BCUT2D eigenvalue weighted by Crippen LogP contribution is 2.17. The Morgan fingerprint density at radius 2 is 2.22 bits per heavy atom. The van der Waals surface area contributed by atoms with Gasteiger partial charge in [-0.05, 0) is 17.7 Å². The number of benzene rings is 1. The number of aromatic nitrogens is 1. The molecule has 1 heterocycles. The van der Waals surface area contributed by atoms with Crippen LogP contribution in [0.1, 0.15) is 21.8 Å². The van der Waals surface area contributed by atoms with Crippen LogP contribution in [0, 0.1) is 0 Å². The molecule has 1 aromatic heterocycles. The molecule has 0 unspecified atom stereocenters. The SMILES string of the molecule is COCc1cc(C(=O)Nc2cccc(CSCC(=O)O)c2)no1. The number of nitrogens with one attached hydrogen (secondary N) is 1. The second-order valence-electron chi connectivity index (χ2n) is 4.65. The van der Waals surface area contributed by atoms with Gasteiger partial charge in [-0.15, -0.1) is 11.8 Å². The van der Waals surface area contributed by atoms with Crippen molar-refractivity contribution >= 4 is 29.3 Å². The highest BCUT2D eigenvalue weighted by Gasteiger charge is 2.13. The normalized spacial score (nSPS) is 10.5. The zero-order valence-corrected chi connectivity index (χ0v) is 13.3. The number of carboxylic acids is 1. The summed E-state index contributed by atoms with van der Waals surface area (Å²) in [4.78, 5) is 22.6. The molecule has 8 heteroatoms. The average Bonchev–Trinajstić information content (AvgIpc) is 2.96. The van der Waals surface area contributed by atoms with E-state index in [9.17, 15) is 9.59 Å². The second-order valence-corrected chi connectivity index (χ2v) is 5.64. The van der Waals surface area contributed by atoms with Crippen molar-refractivity contribution in [1.82, 2.24) is 5.16 Å². The van der Waals surface area contributed by atoms with Gasteiger partial charge in [0.05, 0.1) is 5.75 Å². The molecule has 0 aliphatic rings. The molecule has 2 aromatic rings. The van der Waals surface area contributed by atoms with Gasteiger partial charge in [-0.3, -0.25) is 9.59 Å². The van der Waals surface area contributed by atoms with Crippen molar-refractivity contribution < 1.29 is 24.0 Å². The first kappa shape index (κ1) is 17.0.